The molecular formula is C28H30ClFN2O3. The van der Waals surface area contributed by atoms with Crippen LogP contribution in [-0.2, 0) is 11.3 Å². The van der Waals surface area contributed by atoms with E-state index in [2.05, 4.69) is 10.2 Å². The monoisotopic (exact) mass is 496 g/mol. The second kappa shape index (κ2) is 11.1. The number of ether oxygens (including phenoxy) is 2. The summed E-state index contributed by atoms with van der Waals surface area (Å²) in [6.07, 6.45) is 0.661. The third kappa shape index (κ3) is 5.95. The lowest BCUT2D eigenvalue weighted by atomic mass is 9.83. The first kappa shape index (κ1) is 25.0. The molecule has 3 aromatic rings. The Morgan fingerprint density at radius 1 is 1.09 bits per heavy atom. The number of hydrogen-bond acceptors (Lipinski definition) is 4. The Balaban J connectivity index is 1.58. The number of benzene rings is 3. The van der Waals surface area contributed by atoms with Crippen molar-refractivity contribution >= 4 is 23.2 Å². The molecule has 1 amide bonds. The topological polar surface area (TPSA) is 50.8 Å². The van der Waals surface area contributed by atoms with Crippen LogP contribution in [0, 0.1) is 18.7 Å². The Bertz CT molecular complexity index is 1200. The summed E-state index contributed by atoms with van der Waals surface area (Å²) in [7, 11) is 3.14. The molecule has 1 fully saturated rings. The van der Waals surface area contributed by atoms with Crippen molar-refractivity contribution in [3.05, 3.63) is 88.2 Å². The summed E-state index contributed by atoms with van der Waals surface area (Å²) >= 11 is 6.43. The molecule has 7 heteroatoms. The minimum absolute atomic E-state index is 0.0823. The van der Waals surface area contributed by atoms with Crippen LogP contribution in [0.3, 0.4) is 0 Å². The van der Waals surface area contributed by atoms with E-state index < -0.39 is 0 Å². The summed E-state index contributed by atoms with van der Waals surface area (Å²) in [5.41, 5.74) is 3.25. The molecule has 184 valence electrons. The third-order valence-electron chi connectivity index (χ3n) is 6.57. The summed E-state index contributed by atoms with van der Waals surface area (Å²) in [5, 5.41) is 3.74. The maximum absolute atomic E-state index is 13.9. The number of carbonyl (C=O) groups is 1. The van der Waals surface area contributed by atoms with E-state index in [1.165, 1.54) is 6.07 Å². The van der Waals surface area contributed by atoms with Gasteiger partial charge in [0.1, 0.15) is 17.3 Å². The van der Waals surface area contributed by atoms with Gasteiger partial charge in [-0.15, -0.1) is 0 Å². The molecule has 2 atom stereocenters. The van der Waals surface area contributed by atoms with Gasteiger partial charge in [0.05, 0.1) is 25.8 Å². The number of methoxy groups -OCH3 is 2. The first-order valence-corrected chi connectivity index (χ1v) is 12.0. The van der Waals surface area contributed by atoms with E-state index in [1.54, 1.807) is 39.3 Å². The number of amides is 1. The highest BCUT2D eigenvalue weighted by atomic mass is 35.5. The normalized spacial score (nSPS) is 18.2. The number of anilines is 1. The second-order valence-corrected chi connectivity index (χ2v) is 9.39. The number of hydrogen-bond donors (Lipinski definition) is 1. The largest absolute Gasteiger partial charge is 0.497 e. The molecule has 1 aliphatic rings. The van der Waals surface area contributed by atoms with Gasteiger partial charge in [0.2, 0.25) is 5.91 Å². The fourth-order valence-corrected chi connectivity index (χ4v) is 4.87. The Morgan fingerprint density at radius 2 is 1.89 bits per heavy atom. The molecule has 0 bridgehead atoms. The number of nitrogens with one attached hydrogen (secondary N) is 1. The zero-order valence-corrected chi connectivity index (χ0v) is 20.9. The van der Waals surface area contributed by atoms with Gasteiger partial charge in [-0.05, 0) is 60.2 Å². The minimum atomic E-state index is -0.270. The van der Waals surface area contributed by atoms with Crippen molar-refractivity contribution in [2.24, 2.45) is 5.92 Å². The molecule has 1 N–H and O–H groups in total. The van der Waals surface area contributed by atoms with Crippen LogP contribution in [0.5, 0.6) is 11.5 Å². The van der Waals surface area contributed by atoms with Gasteiger partial charge >= 0.3 is 0 Å². The first-order chi connectivity index (χ1) is 16.9. The van der Waals surface area contributed by atoms with Crippen LogP contribution in [0.1, 0.15) is 29.0 Å². The molecule has 3 aromatic carbocycles. The van der Waals surface area contributed by atoms with Crippen molar-refractivity contribution in [1.82, 2.24) is 4.90 Å². The molecule has 4 rings (SSSR count). The summed E-state index contributed by atoms with van der Waals surface area (Å²) in [4.78, 5) is 15.7. The Labute approximate surface area is 210 Å². The third-order valence-corrected chi connectivity index (χ3v) is 6.94. The average molecular weight is 497 g/mol. The number of halogens is 2. The van der Waals surface area contributed by atoms with Gasteiger partial charge in [-0.2, -0.15) is 0 Å². The quantitative estimate of drug-likeness (QED) is 0.432. The van der Waals surface area contributed by atoms with Crippen molar-refractivity contribution in [3.63, 3.8) is 0 Å². The van der Waals surface area contributed by atoms with Crippen molar-refractivity contribution in [2.75, 3.05) is 32.6 Å². The van der Waals surface area contributed by atoms with E-state index in [1.807, 2.05) is 36.4 Å². The molecule has 0 unspecified atom stereocenters. The SMILES string of the molecule is COc1ccc(NC(=O)[C@@H]2C[C@H](c3ccc(F)c(C)c3)CN(Cc3ccccc3Cl)C2)c(OC)c1. The van der Waals surface area contributed by atoms with Crippen molar-refractivity contribution in [3.8, 4) is 11.5 Å². The van der Waals surface area contributed by atoms with E-state index in [-0.39, 0.29) is 23.6 Å². The second-order valence-electron chi connectivity index (χ2n) is 8.98. The van der Waals surface area contributed by atoms with Crippen LogP contribution in [0.25, 0.3) is 0 Å². The van der Waals surface area contributed by atoms with Gasteiger partial charge in [0.15, 0.2) is 0 Å². The van der Waals surface area contributed by atoms with Crippen LogP contribution in [-0.4, -0.2) is 38.1 Å². The number of piperidine rings is 1. The molecule has 0 spiro atoms. The zero-order valence-electron chi connectivity index (χ0n) is 20.2. The number of rotatable bonds is 7. The van der Waals surface area contributed by atoms with E-state index in [9.17, 15) is 9.18 Å². The van der Waals surface area contributed by atoms with Crippen molar-refractivity contribution in [1.29, 1.82) is 0 Å². The molecule has 5 nitrogen and oxygen atoms in total. The van der Waals surface area contributed by atoms with Gasteiger partial charge in [-0.1, -0.05) is 41.9 Å². The van der Waals surface area contributed by atoms with E-state index >= 15 is 0 Å². The minimum Gasteiger partial charge on any atom is -0.497 e. The molecule has 1 saturated heterocycles. The number of nitrogens with zero attached hydrogens (tertiary/aromatic N) is 1. The predicted octanol–water partition coefficient (Wildman–Crippen LogP) is 6.05. The lowest BCUT2D eigenvalue weighted by Gasteiger charge is -2.37. The molecule has 1 aliphatic heterocycles. The fourth-order valence-electron chi connectivity index (χ4n) is 4.68. The van der Waals surface area contributed by atoms with Crippen molar-refractivity contribution < 1.29 is 18.7 Å². The van der Waals surface area contributed by atoms with Gasteiger partial charge in [0, 0.05) is 30.7 Å². The highest BCUT2D eigenvalue weighted by molar-refractivity contribution is 6.31. The zero-order chi connectivity index (χ0) is 24.9. The molecule has 35 heavy (non-hydrogen) atoms. The Hall–Kier alpha value is -3.09. The van der Waals surface area contributed by atoms with Crippen LogP contribution in [0.15, 0.2) is 60.7 Å². The molecule has 0 saturated carbocycles. The van der Waals surface area contributed by atoms with E-state index in [4.69, 9.17) is 21.1 Å². The Kier molecular flexibility index (Phi) is 7.93. The maximum atomic E-state index is 13.9. The fraction of sp³-hybridized carbons (Fsp3) is 0.321. The van der Waals surface area contributed by atoms with Crippen LogP contribution >= 0.6 is 11.6 Å². The average Bonchev–Trinajstić information content (AvgIpc) is 2.87. The van der Waals surface area contributed by atoms with Crippen LogP contribution in [0.4, 0.5) is 10.1 Å². The van der Waals surface area contributed by atoms with Gasteiger partial charge in [0.25, 0.3) is 0 Å². The standard InChI is InChI=1S/C28H30ClFN2O3/c1-18-12-19(8-10-25(18)30)21-13-22(17-32(16-21)15-20-6-4-5-7-24(20)29)28(33)31-26-11-9-23(34-2)14-27(26)35-3/h4-12,14,21-22H,13,15-17H2,1-3H3,(H,31,33)/t21-,22+/m0/s1. The lowest BCUT2D eigenvalue weighted by Crippen LogP contribution is -2.43. The molecule has 0 radical (unpaired) electrons. The van der Waals surface area contributed by atoms with Gasteiger partial charge in [-0.3, -0.25) is 9.69 Å². The van der Waals surface area contributed by atoms with Gasteiger partial charge < -0.3 is 14.8 Å². The first-order valence-electron chi connectivity index (χ1n) is 11.6. The van der Waals surface area contributed by atoms with Gasteiger partial charge in [-0.25, -0.2) is 4.39 Å². The van der Waals surface area contributed by atoms with Crippen LogP contribution in [0.2, 0.25) is 5.02 Å². The molecule has 0 aliphatic carbocycles. The summed E-state index contributed by atoms with van der Waals surface area (Å²) in [6.45, 7) is 3.74. The Morgan fingerprint density at radius 3 is 2.60 bits per heavy atom. The number of carbonyl (C=O) groups excluding carboxylic acids is 1. The summed E-state index contributed by atoms with van der Waals surface area (Å²) in [5.74, 6) is 0.689. The molecule has 0 aromatic heterocycles. The smallest absolute Gasteiger partial charge is 0.228 e. The highest BCUT2D eigenvalue weighted by Crippen LogP contribution is 2.35. The lowest BCUT2D eigenvalue weighted by molar-refractivity contribution is -0.121. The highest BCUT2D eigenvalue weighted by Gasteiger charge is 2.33. The molecule has 1 heterocycles. The van der Waals surface area contributed by atoms with Crippen molar-refractivity contribution in [2.45, 2.75) is 25.8 Å². The van der Waals surface area contributed by atoms with E-state index in [0.717, 1.165) is 17.7 Å². The summed E-state index contributed by atoms with van der Waals surface area (Å²) < 4.78 is 24.6. The predicted molar refractivity (Wildman–Crippen MR) is 137 cm³/mol. The maximum Gasteiger partial charge on any atom is 0.228 e. The number of aryl methyl sites for hydroxylation is 1. The van der Waals surface area contributed by atoms with E-state index in [0.29, 0.717) is 47.3 Å². The summed E-state index contributed by atoms with van der Waals surface area (Å²) in [6, 6.07) is 18.3. The molecular weight excluding hydrogens is 467 g/mol. The number of likely N-dealkylation sites (tertiary alicyclic amines) is 1. The van der Waals surface area contributed by atoms with Crippen LogP contribution < -0.4 is 14.8 Å².